The molecule has 0 bridgehead atoms. The minimum atomic E-state index is -0.845. The lowest BCUT2D eigenvalue weighted by Gasteiger charge is -2.26. The van der Waals surface area contributed by atoms with Crippen molar-refractivity contribution in [2.45, 2.75) is 45.8 Å². The summed E-state index contributed by atoms with van der Waals surface area (Å²) in [4.78, 5) is 23.6. The fourth-order valence-electron chi connectivity index (χ4n) is 2.28. The maximum atomic E-state index is 12.0. The summed E-state index contributed by atoms with van der Waals surface area (Å²) in [6, 6.07) is 5.61. The van der Waals surface area contributed by atoms with E-state index in [1.54, 1.807) is 40.9 Å². The lowest BCUT2D eigenvalue weighted by atomic mass is 10.1. The van der Waals surface area contributed by atoms with Gasteiger partial charge in [0.05, 0.1) is 17.4 Å². The summed E-state index contributed by atoms with van der Waals surface area (Å²) in [5.74, 6) is 0.726. The Kier molecular flexibility index (Phi) is 3.98. The molecule has 0 aliphatic heterocycles. The highest BCUT2D eigenvalue weighted by Gasteiger charge is 2.31. The molecule has 0 unspecified atom stereocenters. The Morgan fingerprint density at radius 2 is 2.00 bits per heavy atom. The molecule has 3 aromatic rings. The Morgan fingerprint density at radius 1 is 1.24 bits per heavy atom. The SMILES string of the molecule is CC(C)(C)OC(=O)NC(C)(C)c1noc(-c2ccc3nc[nH]c3c2)n1. The largest absolute Gasteiger partial charge is 0.444 e. The van der Waals surface area contributed by atoms with Crippen LogP contribution in [0.15, 0.2) is 29.0 Å². The second kappa shape index (κ2) is 5.87. The van der Waals surface area contributed by atoms with Gasteiger partial charge in [-0.3, -0.25) is 0 Å². The molecule has 2 heterocycles. The maximum absolute atomic E-state index is 12.0. The zero-order valence-corrected chi connectivity index (χ0v) is 14.9. The predicted molar refractivity (Wildman–Crippen MR) is 91.8 cm³/mol. The molecule has 2 aromatic heterocycles. The third-order valence-electron chi connectivity index (χ3n) is 3.47. The van der Waals surface area contributed by atoms with E-state index in [1.807, 2.05) is 18.2 Å². The van der Waals surface area contributed by atoms with E-state index in [0.717, 1.165) is 16.6 Å². The summed E-state index contributed by atoms with van der Waals surface area (Å²) in [7, 11) is 0. The van der Waals surface area contributed by atoms with Crippen LogP contribution in [0, 0.1) is 0 Å². The van der Waals surface area contributed by atoms with Gasteiger partial charge in [-0.15, -0.1) is 0 Å². The number of ether oxygens (including phenoxy) is 1. The molecule has 1 amide bonds. The third-order valence-corrected chi connectivity index (χ3v) is 3.47. The van der Waals surface area contributed by atoms with Crippen molar-refractivity contribution < 1.29 is 14.1 Å². The lowest BCUT2D eigenvalue weighted by molar-refractivity contribution is 0.0465. The first-order valence-electron chi connectivity index (χ1n) is 7.93. The Balaban J connectivity index is 1.80. The summed E-state index contributed by atoms with van der Waals surface area (Å²) in [6.45, 7) is 8.97. The van der Waals surface area contributed by atoms with Gasteiger partial charge >= 0.3 is 6.09 Å². The van der Waals surface area contributed by atoms with Gasteiger partial charge in [0.2, 0.25) is 0 Å². The van der Waals surface area contributed by atoms with Gasteiger partial charge in [-0.25, -0.2) is 9.78 Å². The van der Waals surface area contributed by atoms with E-state index in [-0.39, 0.29) is 0 Å². The number of amides is 1. The molecule has 0 radical (unpaired) electrons. The normalized spacial score (nSPS) is 12.4. The van der Waals surface area contributed by atoms with Gasteiger partial charge in [0, 0.05) is 5.56 Å². The first kappa shape index (κ1) is 16.9. The number of hydrogen-bond acceptors (Lipinski definition) is 6. The van der Waals surface area contributed by atoms with Crippen LogP contribution in [0.3, 0.4) is 0 Å². The van der Waals surface area contributed by atoms with Crippen molar-refractivity contribution >= 4 is 17.1 Å². The minimum Gasteiger partial charge on any atom is -0.444 e. The average molecular weight is 343 g/mol. The number of aromatic nitrogens is 4. The summed E-state index contributed by atoms with van der Waals surface area (Å²) in [5, 5.41) is 6.76. The van der Waals surface area contributed by atoms with Crippen molar-refractivity contribution in [2.75, 3.05) is 0 Å². The topological polar surface area (TPSA) is 106 Å². The zero-order chi connectivity index (χ0) is 18.2. The van der Waals surface area contributed by atoms with E-state index in [0.29, 0.717) is 11.7 Å². The van der Waals surface area contributed by atoms with Crippen LogP contribution in [0.5, 0.6) is 0 Å². The number of H-pyrrole nitrogens is 1. The van der Waals surface area contributed by atoms with Crippen molar-refractivity contribution in [3.63, 3.8) is 0 Å². The number of benzene rings is 1. The first-order valence-corrected chi connectivity index (χ1v) is 7.93. The van der Waals surface area contributed by atoms with Crippen molar-refractivity contribution in [1.82, 2.24) is 25.4 Å². The highest BCUT2D eigenvalue weighted by molar-refractivity contribution is 5.79. The average Bonchev–Trinajstić information content (AvgIpc) is 3.13. The molecule has 0 spiro atoms. The maximum Gasteiger partial charge on any atom is 0.408 e. The first-order chi connectivity index (χ1) is 11.6. The van der Waals surface area contributed by atoms with Crippen LogP contribution in [-0.4, -0.2) is 31.8 Å². The molecule has 0 saturated heterocycles. The van der Waals surface area contributed by atoms with E-state index in [9.17, 15) is 4.79 Å². The molecule has 25 heavy (non-hydrogen) atoms. The number of rotatable bonds is 3. The van der Waals surface area contributed by atoms with Gasteiger partial charge in [0.1, 0.15) is 11.1 Å². The Labute approximate surface area is 145 Å². The molecule has 0 fully saturated rings. The highest BCUT2D eigenvalue weighted by atomic mass is 16.6. The van der Waals surface area contributed by atoms with Crippen LogP contribution in [0.25, 0.3) is 22.5 Å². The van der Waals surface area contributed by atoms with Gasteiger partial charge in [-0.1, -0.05) is 5.16 Å². The molecule has 1 aromatic carbocycles. The minimum absolute atomic E-state index is 0.359. The number of fused-ring (bicyclic) bond motifs is 1. The van der Waals surface area contributed by atoms with Gasteiger partial charge < -0.3 is 19.6 Å². The van der Waals surface area contributed by atoms with Crippen LogP contribution in [0.2, 0.25) is 0 Å². The van der Waals surface area contributed by atoms with Gasteiger partial charge in [-0.05, 0) is 52.8 Å². The summed E-state index contributed by atoms with van der Waals surface area (Å²) >= 11 is 0. The van der Waals surface area contributed by atoms with Crippen molar-refractivity contribution in [2.24, 2.45) is 0 Å². The smallest absolute Gasteiger partial charge is 0.408 e. The van der Waals surface area contributed by atoms with Gasteiger partial charge in [-0.2, -0.15) is 4.98 Å². The second-order valence-corrected chi connectivity index (χ2v) is 7.31. The Bertz CT molecular complexity index is 904. The summed E-state index contributed by atoms with van der Waals surface area (Å²) < 4.78 is 10.6. The molecule has 3 rings (SSSR count). The van der Waals surface area contributed by atoms with E-state index in [4.69, 9.17) is 9.26 Å². The summed E-state index contributed by atoms with van der Waals surface area (Å²) in [5.41, 5.74) is 1.08. The standard InChI is InChI=1S/C17H21N5O3/c1-16(2,3)24-15(23)21-17(4,5)14-20-13(25-22-14)10-6-7-11-12(8-10)19-9-18-11/h6-9H,1-5H3,(H,18,19)(H,21,23). The van der Waals surface area contributed by atoms with Gasteiger partial charge in [0.15, 0.2) is 5.82 Å². The van der Waals surface area contributed by atoms with Crippen LogP contribution in [0.1, 0.15) is 40.4 Å². The van der Waals surface area contributed by atoms with Gasteiger partial charge in [0.25, 0.3) is 5.89 Å². The van der Waals surface area contributed by atoms with Crippen molar-refractivity contribution in [3.8, 4) is 11.5 Å². The number of nitrogens with zero attached hydrogens (tertiary/aromatic N) is 3. The van der Waals surface area contributed by atoms with E-state index in [2.05, 4.69) is 25.4 Å². The van der Waals surface area contributed by atoms with E-state index in [1.165, 1.54) is 0 Å². The fourth-order valence-corrected chi connectivity index (χ4v) is 2.28. The third kappa shape index (κ3) is 3.78. The molecule has 2 N–H and O–H groups in total. The number of imidazole rings is 1. The molecule has 8 heteroatoms. The van der Waals surface area contributed by atoms with Crippen LogP contribution >= 0.6 is 0 Å². The van der Waals surface area contributed by atoms with Crippen LogP contribution in [-0.2, 0) is 10.3 Å². The number of alkyl carbamates (subject to hydrolysis) is 1. The van der Waals surface area contributed by atoms with Crippen molar-refractivity contribution in [3.05, 3.63) is 30.4 Å². The molecule has 132 valence electrons. The number of carbonyl (C=O) groups excluding carboxylic acids is 1. The van der Waals surface area contributed by atoms with Crippen LogP contribution in [0.4, 0.5) is 4.79 Å². The fraction of sp³-hybridized carbons (Fsp3) is 0.412. The Hall–Kier alpha value is -2.90. The number of nitrogens with one attached hydrogen (secondary N) is 2. The van der Waals surface area contributed by atoms with Crippen LogP contribution < -0.4 is 5.32 Å². The second-order valence-electron chi connectivity index (χ2n) is 7.31. The monoisotopic (exact) mass is 343 g/mol. The summed E-state index contributed by atoms with van der Waals surface area (Å²) in [6.07, 6.45) is 1.09. The van der Waals surface area contributed by atoms with E-state index < -0.39 is 17.2 Å². The molecular formula is C17H21N5O3. The number of carbonyl (C=O) groups is 1. The zero-order valence-electron chi connectivity index (χ0n) is 14.9. The predicted octanol–water partition coefficient (Wildman–Crippen LogP) is 3.37. The van der Waals surface area contributed by atoms with E-state index >= 15 is 0 Å². The molecule has 0 atom stereocenters. The molecule has 0 saturated carbocycles. The molecule has 0 aliphatic carbocycles. The molecule has 8 nitrogen and oxygen atoms in total. The quantitative estimate of drug-likeness (QED) is 0.755. The molecule has 0 aliphatic rings. The van der Waals surface area contributed by atoms with Crippen molar-refractivity contribution in [1.29, 1.82) is 0 Å². The lowest BCUT2D eigenvalue weighted by Crippen LogP contribution is -2.44. The number of hydrogen-bond donors (Lipinski definition) is 2. The number of aromatic amines is 1. The molecular weight excluding hydrogens is 322 g/mol. The highest BCUT2D eigenvalue weighted by Crippen LogP contribution is 2.25. The Morgan fingerprint density at radius 3 is 2.72 bits per heavy atom.